The first-order valence-corrected chi connectivity index (χ1v) is 8.05. The van der Waals surface area contributed by atoms with Gasteiger partial charge in [-0.1, -0.05) is 0 Å². The van der Waals surface area contributed by atoms with Crippen molar-refractivity contribution in [2.24, 2.45) is 0 Å². The van der Waals surface area contributed by atoms with Crippen molar-refractivity contribution in [3.05, 3.63) is 0 Å². The molecular weight excluding hydrogens is 535 g/mol. The summed E-state index contributed by atoms with van der Waals surface area (Å²) in [7, 11) is 0. The van der Waals surface area contributed by atoms with Crippen LogP contribution in [0.4, 0.5) is 0 Å². The Kier molecular flexibility index (Phi) is 25.0. The SMILES string of the molecule is [Ba+2].[O]=[Bi](=[O])[O-].[O]=[Nb](=[O])[O-]. The van der Waals surface area contributed by atoms with Gasteiger partial charge in [-0.3, -0.25) is 0 Å². The zero-order chi connectivity index (χ0) is 7.15. The Labute approximate surface area is 106 Å². The van der Waals surface area contributed by atoms with Crippen LogP contribution in [0, 0.1) is 0 Å². The van der Waals surface area contributed by atoms with E-state index in [1.165, 1.54) is 0 Å². The average molecular weight is 535 g/mol. The van der Waals surface area contributed by atoms with Gasteiger partial charge in [0.25, 0.3) is 0 Å². The summed E-state index contributed by atoms with van der Waals surface area (Å²) in [4.78, 5) is 0. The standard InChI is InChI=1S/Ba.Bi.Nb.6O/q+2;;;;;;;2*-1. The fourth-order valence-electron chi connectivity index (χ4n) is 0. The second kappa shape index (κ2) is 12.9. The Morgan fingerprint density at radius 2 is 1.22 bits per heavy atom. The van der Waals surface area contributed by atoms with Crippen molar-refractivity contribution in [1.29, 1.82) is 0 Å². The summed E-state index contributed by atoms with van der Waals surface area (Å²) in [6.07, 6.45) is 0. The molecule has 0 fully saturated rings. The van der Waals surface area contributed by atoms with Gasteiger partial charge >= 0.3 is 109 Å². The first-order chi connectivity index (χ1) is 3.46. The van der Waals surface area contributed by atoms with Crippen LogP contribution in [-0.2, 0) is 30.9 Å². The van der Waals surface area contributed by atoms with Crippen LogP contribution in [0.5, 0.6) is 0 Å². The van der Waals surface area contributed by atoms with E-state index in [9.17, 15) is 0 Å². The summed E-state index contributed by atoms with van der Waals surface area (Å²) in [5, 5.41) is 0. The molecule has 9 heavy (non-hydrogen) atoms. The average Bonchev–Trinajstić information content (AvgIpc) is 1.25. The van der Waals surface area contributed by atoms with Crippen molar-refractivity contribution in [3.8, 4) is 0 Å². The molecule has 48 valence electrons. The molecular formula is BaBiNbO6. The summed E-state index contributed by atoms with van der Waals surface area (Å²) in [6.45, 7) is 0. The molecule has 0 N–H and O–H groups in total. The summed E-state index contributed by atoms with van der Waals surface area (Å²) in [6, 6.07) is 0. The molecule has 0 aliphatic carbocycles. The molecule has 0 saturated heterocycles. The van der Waals surface area contributed by atoms with E-state index in [4.69, 9.17) is 18.9 Å². The number of rotatable bonds is 0. The van der Waals surface area contributed by atoms with Crippen LogP contribution < -0.4 is 6.80 Å². The van der Waals surface area contributed by atoms with Gasteiger partial charge in [0.05, 0.1) is 0 Å². The first kappa shape index (κ1) is 17.4. The Morgan fingerprint density at radius 1 is 1.22 bits per heavy atom. The summed E-state index contributed by atoms with van der Waals surface area (Å²) < 4.78 is 51.7. The van der Waals surface area contributed by atoms with Crippen molar-refractivity contribution in [2.75, 3.05) is 0 Å². The van der Waals surface area contributed by atoms with Gasteiger partial charge in [-0.25, -0.2) is 0 Å². The van der Waals surface area contributed by atoms with Gasteiger partial charge in [0.15, 0.2) is 0 Å². The molecule has 0 aromatic rings. The van der Waals surface area contributed by atoms with Crippen molar-refractivity contribution < 1.29 is 37.7 Å². The molecule has 0 aliphatic heterocycles. The Balaban J connectivity index is -0.0000000720. The predicted octanol–water partition coefficient (Wildman–Crippen LogP) is -3.62. The van der Waals surface area contributed by atoms with Gasteiger partial charge in [-0.15, -0.1) is 0 Å². The molecule has 0 unspecified atom stereocenters. The van der Waals surface area contributed by atoms with Crippen LogP contribution in [0.2, 0.25) is 0 Å². The van der Waals surface area contributed by atoms with Crippen molar-refractivity contribution in [1.82, 2.24) is 0 Å². The molecule has 0 aliphatic rings. The monoisotopic (exact) mass is 536 g/mol. The topological polar surface area (TPSA) is 114 Å². The Morgan fingerprint density at radius 3 is 1.22 bits per heavy atom. The molecule has 0 aromatic heterocycles. The number of hydrogen-bond donors (Lipinski definition) is 0. The van der Waals surface area contributed by atoms with Crippen molar-refractivity contribution in [2.45, 2.75) is 0 Å². The van der Waals surface area contributed by atoms with Gasteiger partial charge < -0.3 is 0 Å². The van der Waals surface area contributed by atoms with Gasteiger partial charge in [0.1, 0.15) is 0 Å². The van der Waals surface area contributed by atoms with E-state index < -0.39 is 41.0 Å². The number of hydrogen-bond acceptors (Lipinski definition) is 6. The molecule has 6 nitrogen and oxygen atoms in total. The third-order valence-corrected chi connectivity index (χ3v) is 0. The summed E-state index contributed by atoms with van der Waals surface area (Å²) in [5.74, 6) is 0. The minimum absolute atomic E-state index is 0. The van der Waals surface area contributed by atoms with Crippen LogP contribution in [0.15, 0.2) is 0 Å². The van der Waals surface area contributed by atoms with E-state index in [-0.39, 0.29) is 48.9 Å². The quantitative estimate of drug-likeness (QED) is 0.296. The fourth-order valence-corrected chi connectivity index (χ4v) is 0. The Hall–Kier alpha value is 2.31. The van der Waals surface area contributed by atoms with Gasteiger partial charge in [-0.05, 0) is 0 Å². The van der Waals surface area contributed by atoms with E-state index in [1.807, 2.05) is 0 Å². The zero-order valence-corrected chi connectivity index (χ0v) is 14.2. The third-order valence-electron chi connectivity index (χ3n) is 0. The van der Waals surface area contributed by atoms with E-state index in [2.05, 4.69) is 0 Å². The normalized spacial score (nSPS) is 5.56. The first-order valence-electron chi connectivity index (χ1n) is 1.10. The predicted molar refractivity (Wildman–Crippen MR) is 14.3 cm³/mol. The zero-order valence-electron chi connectivity index (χ0n) is 4.05. The molecule has 0 aromatic carbocycles. The minimum atomic E-state index is -4.34. The van der Waals surface area contributed by atoms with Crippen LogP contribution >= 0.6 is 0 Å². The van der Waals surface area contributed by atoms with Crippen LogP contribution in [0.3, 0.4) is 0 Å². The molecule has 0 saturated carbocycles. The van der Waals surface area contributed by atoms with E-state index in [0.717, 1.165) is 0 Å². The molecule has 0 amide bonds. The second-order valence-corrected chi connectivity index (χ2v) is 3.29. The third kappa shape index (κ3) is 133. The molecule has 0 bridgehead atoms. The maximum absolute atomic E-state index is 8.62. The van der Waals surface area contributed by atoms with E-state index >= 15 is 0 Å². The van der Waals surface area contributed by atoms with Gasteiger partial charge in [0, 0.05) is 0 Å². The molecule has 0 rings (SSSR count). The maximum atomic E-state index is 8.62. The molecule has 0 heterocycles. The summed E-state index contributed by atoms with van der Waals surface area (Å²) >= 11 is -8.54. The van der Waals surface area contributed by atoms with Gasteiger partial charge in [0.2, 0.25) is 0 Å². The van der Waals surface area contributed by atoms with Crippen LogP contribution in [0.25, 0.3) is 0 Å². The molecule has 0 atom stereocenters. The van der Waals surface area contributed by atoms with Crippen LogP contribution in [-0.4, -0.2) is 71.1 Å². The van der Waals surface area contributed by atoms with Crippen molar-refractivity contribution in [3.63, 3.8) is 0 Å². The molecule has 0 spiro atoms. The Bertz CT molecular complexity index is 130. The molecule has 9 heteroatoms. The fraction of sp³-hybridized carbons (Fsp3) is 0. The molecule has 0 radical (unpaired) electrons. The van der Waals surface area contributed by atoms with Crippen molar-refractivity contribution >= 4 is 71.1 Å². The second-order valence-electron chi connectivity index (χ2n) is 0.447. The van der Waals surface area contributed by atoms with Gasteiger partial charge in [-0.2, -0.15) is 0 Å². The van der Waals surface area contributed by atoms with E-state index in [0.29, 0.717) is 0 Å². The van der Waals surface area contributed by atoms with E-state index in [1.54, 1.807) is 0 Å². The summed E-state index contributed by atoms with van der Waals surface area (Å²) in [5.41, 5.74) is 0. The van der Waals surface area contributed by atoms with Crippen LogP contribution in [0.1, 0.15) is 0 Å².